The molecule has 8 heteroatoms. The van der Waals surface area contributed by atoms with Crippen LogP contribution < -0.4 is 10.2 Å². The molecule has 0 radical (unpaired) electrons. The Morgan fingerprint density at radius 2 is 1.73 bits per heavy atom. The van der Waals surface area contributed by atoms with Crippen LogP contribution in [-0.2, 0) is 21.8 Å². The molecule has 1 saturated carbocycles. The van der Waals surface area contributed by atoms with Gasteiger partial charge >= 0.3 is 0 Å². The van der Waals surface area contributed by atoms with E-state index in [1.165, 1.54) is 18.6 Å². The molecule has 1 atom stereocenters. The lowest BCUT2D eigenvalue weighted by Crippen LogP contribution is -2.34. The predicted molar refractivity (Wildman–Crippen MR) is 96.0 cm³/mol. The second-order valence-corrected chi connectivity index (χ2v) is 12.6. The lowest BCUT2D eigenvalue weighted by atomic mass is 10.0. The highest BCUT2D eigenvalue weighted by Crippen LogP contribution is 2.54. The number of anilines is 1. The maximum absolute atomic E-state index is 12.7. The maximum atomic E-state index is 12.7. The van der Waals surface area contributed by atoms with Crippen molar-refractivity contribution in [2.45, 2.75) is 42.7 Å². The number of nitrogens with one attached hydrogen (secondary N) is 1. The number of nitrogens with two attached hydrogens (primary N) is 1. The molecule has 0 aromatic heterocycles. The summed E-state index contributed by atoms with van der Waals surface area (Å²) in [4.78, 5) is 0.216. The van der Waals surface area contributed by atoms with Crippen LogP contribution in [0.3, 0.4) is 0 Å². The van der Waals surface area contributed by atoms with Gasteiger partial charge in [-0.3, -0.25) is 4.67 Å². The van der Waals surface area contributed by atoms with Crippen LogP contribution in [0.25, 0.3) is 0 Å². The monoisotopic (exact) mass is 361 g/mol. The van der Waals surface area contributed by atoms with Crippen molar-refractivity contribution in [1.82, 2.24) is 9.16 Å². The summed E-state index contributed by atoms with van der Waals surface area (Å²) in [7, 11) is 0.121. The Balaban J connectivity index is 2.30. The van der Waals surface area contributed by atoms with E-state index in [0.29, 0.717) is 5.69 Å². The Kier molecular flexibility index (Phi) is 5.67. The standard InChI is InChI=1S/C14H24N3O2PS2/c1-17(2)20(21,13-6-4-3-5-7-13)16-22(18,19)14-10-8-12(15)9-11-14/h8-11,13H,3-7,15H2,1-2H3,(H,16,21). The molecule has 1 unspecified atom stereocenters. The van der Waals surface area contributed by atoms with Crippen molar-refractivity contribution in [3.8, 4) is 0 Å². The highest BCUT2D eigenvalue weighted by atomic mass is 32.5. The van der Waals surface area contributed by atoms with Gasteiger partial charge in [0, 0.05) is 11.3 Å². The molecule has 2 rings (SSSR count). The van der Waals surface area contributed by atoms with Gasteiger partial charge in [-0.15, -0.1) is 0 Å². The second-order valence-electron chi connectivity index (χ2n) is 5.93. The Hall–Kier alpha value is -0.460. The van der Waals surface area contributed by atoms with Crippen molar-refractivity contribution >= 4 is 33.9 Å². The molecule has 0 aliphatic heterocycles. The molecule has 22 heavy (non-hydrogen) atoms. The Labute approximate surface area is 138 Å². The molecule has 5 nitrogen and oxygen atoms in total. The molecule has 0 amide bonds. The first-order valence-corrected chi connectivity index (χ1v) is 11.7. The van der Waals surface area contributed by atoms with Crippen LogP contribution in [0.2, 0.25) is 0 Å². The number of sulfonamides is 1. The SMILES string of the molecule is CN(C)P(=S)(NS(=O)(=O)c1ccc(N)cc1)C1CCCCC1. The fraction of sp³-hybridized carbons (Fsp3) is 0.571. The normalized spacial score (nSPS) is 20.0. The summed E-state index contributed by atoms with van der Waals surface area (Å²) in [5.41, 5.74) is 6.41. The summed E-state index contributed by atoms with van der Waals surface area (Å²) >= 11 is 5.84. The van der Waals surface area contributed by atoms with Gasteiger partial charge < -0.3 is 5.73 Å². The first-order valence-electron chi connectivity index (χ1n) is 7.43. The minimum Gasteiger partial charge on any atom is -0.399 e. The van der Waals surface area contributed by atoms with Gasteiger partial charge in [0.1, 0.15) is 0 Å². The van der Waals surface area contributed by atoms with Gasteiger partial charge in [-0.1, -0.05) is 31.1 Å². The highest BCUT2D eigenvalue weighted by molar-refractivity contribution is 8.17. The predicted octanol–water partition coefficient (Wildman–Crippen LogP) is 2.75. The molecule has 1 aromatic rings. The quantitative estimate of drug-likeness (QED) is 0.623. The van der Waals surface area contributed by atoms with Gasteiger partial charge in [0.15, 0.2) is 0 Å². The summed E-state index contributed by atoms with van der Waals surface area (Å²) in [6, 6.07) is 6.23. The largest absolute Gasteiger partial charge is 0.399 e. The fourth-order valence-corrected chi connectivity index (χ4v) is 9.56. The molecular weight excluding hydrogens is 337 g/mol. The van der Waals surface area contributed by atoms with Crippen molar-refractivity contribution < 1.29 is 8.42 Å². The number of benzene rings is 1. The van der Waals surface area contributed by atoms with Crippen molar-refractivity contribution in [1.29, 1.82) is 0 Å². The van der Waals surface area contributed by atoms with Gasteiger partial charge in [-0.2, -0.15) is 4.49 Å². The third-order valence-corrected chi connectivity index (χ3v) is 12.2. The molecular formula is C14H24N3O2PS2. The number of hydrogen-bond acceptors (Lipinski definition) is 4. The molecule has 0 spiro atoms. The van der Waals surface area contributed by atoms with Crippen molar-refractivity contribution in [3.05, 3.63) is 24.3 Å². The molecule has 1 fully saturated rings. The van der Waals surface area contributed by atoms with Crippen LogP contribution in [0, 0.1) is 0 Å². The van der Waals surface area contributed by atoms with E-state index in [9.17, 15) is 8.42 Å². The fourth-order valence-electron chi connectivity index (χ4n) is 2.79. The van der Waals surface area contributed by atoms with E-state index in [4.69, 9.17) is 17.5 Å². The van der Waals surface area contributed by atoms with E-state index in [1.807, 2.05) is 18.8 Å². The van der Waals surface area contributed by atoms with Gasteiger partial charge in [-0.25, -0.2) is 8.42 Å². The van der Waals surface area contributed by atoms with E-state index in [-0.39, 0.29) is 10.6 Å². The summed E-state index contributed by atoms with van der Waals surface area (Å²) in [6.07, 6.45) is 3.09. The summed E-state index contributed by atoms with van der Waals surface area (Å²) in [5.74, 6) is 0. The van der Waals surface area contributed by atoms with Crippen LogP contribution in [-0.4, -0.2) is 32.8 Å². The third-order valence-electron chi connectivity index (χ3n) is 4.11. The second kappa shape index (κ2) is 6.97. The molecule has 1 aliphatic carbocycles. The van der Waals surface area contributed by atoms with Crippen LogP contribution in [0.4, 0.5) is 5.69 Å². The molecule has 0 saturated heterocycles. The number of nitrogen functional groups attached to an aromatic ring is 1. The van der Waals surface area contributed by atoms with E-state index in [2.05, 4.69) is 4.49 Å². The summed E-state index contributed by atoms with van der Waals surface area (Å²) in [5, 5.41) is 0. The lowest BCUT2D eigenvalue weighted by Gasteiger charge is -2.38. The zero-order valence-electron chi connectivity index (χ0n) is 13.0. The van der Waals surface area contributed by atoms with Crippen LogP contribution >= 0.6 is 6.34 Å². The molecule has 3 N–H and O–H groups in total. The lowest BCUT2D eigenvalue weighted by molar-refractivity contribution is 0.493. The summed E-state index contributed by atoms with van der Waals surface area (Å²) in [6.45, 7) is 0. The van der Waals surface area contributed by atoms with Crippen LogP contribution in [0.15, 0.2) is 29.2 Å². The van der Waals surface area contributed by atoms with Gasteiger partial charge in [0.25, 0.3) is 0 Å². The minimum atomic E-state index is -3.63. The van der Waals surface area contributed by atoms with Gasteiger partial charge in [-0.05, 0) is 51.2 Å². The van der Waals surface area contributed by atoms with Crippen LogP contribution in [0.5, 0.6) is 0 Å². The number of hydrogen-bond donors (Lipinski definition) is 2. The number of rotatable bonds is 5. The summed E-state index contributed by atoms with van der Waals surface area (Å²) < 4.78 is 30.1. The zero-order chi connectivity index (χ0) is 16.4. The zero-order valence-corrected chi connectivity index (χ0v) is 15.6. The topological polar surface area (TPSA) is 75.4 Å². The van der Waals surface area contributed by atoms with Crippen molar-refractivity contribution in [2.24, 2.45) is 0 Å². The van der Waals surface area contributed by atoms with E-state index in [0.717, 1.165) is 25.7 Å². The first kappa shape index (κ1) is 17.9. The van der Waals surface area contributed by atoms with Crippen molar-refractivity contribution in [2.75, 3.05) is 19.8 Å². The average molecular weight is 361 g/mol. The molecule has 1 aliphatic rings. The molecule has 124 valence electrons. The smallest absolute Gasteiger partial charge is 0.245 e. The minimum absolute atomic E-state index is 0.216. The van der Waals surface area contributed by atoms with Gasteiger partial charge in [0.2, 0.25) is 10.0 Å². The first-order chi connectivity index (χ1) is 10.3. The molecule has 1 aromatic carbocycles. The van der Waals surface area contributed by atoms with Crippen molar-refractivity contribution in [3.63, 3.8) is 0 Å². The van der Waals surface area contributed by atoms with Crippen LogP contribution in [0.1, 0.15) is 32.1 Å². The third kappa shape index (κ3) is 3.89. The Morgan fingerprint density at radius 1 is 1.18 bits per heavy atom. The van der Waals surface area contributed by atoms with E-state index < -0.39 is 16.4 Å². The average Bonchev–Trinajstić information content (AvgIpc) is 2.48. The maximum Gasteiger partial charge on any atom is 0.245 e. The number of nitrogens with zero attached hydrogens (tertiary/aromatic N) is 1. The van der Waals surface area contributed by atoms with E-state index in [1.54, 1.807) is 12.1 Å². The Morgan fingerprint density at radius 3 is 2.23 bits per heavy atom. The molecule has 0 heterocycles. The van der Waals surface area contributed by atoms with Gasteiger partial charge in [0.05, 0.1) is 11.2 Å². The molecule has 0 bridgehead atoms. The van der Waals surface area contributed by atoms with E-state index >= 15 is 0 Å². The Bertz CT molecular complexity index is 653. The highest BCUT2D eigenvalue weighted by Gasteiger charge is 2.35.